The number of benzene rings is 1. The molecule has 0 saturated heterocycles. The average Bonchev–Trinajstić information content (AvgIpc) is 2.25. The summed E-state index contributed by atoms with van der Waals surface area (Å²) < 4.78 is 1.19. The second-order valence-electron chi connectivity index (χ2n) is 5.00. The molecule has 0 bridgehead atoms. The topological polar surface area (TPSA) is 12.0 Å². The first kappa shape index (κ1) is 12.0. The highest BCUT2D eigenvalue weighted by Gasteiger charge is 2.21. The van der Waals surface area contributed by atoms with Gasteiger partial charge in [0.05, 0.1) is 0 Å². The predicted octanol–water partition coefficient (Wildman–Crippen LogP) is 4.75. The third-order valence-corrected chi connectivity index (χ3v) is 4.23. The fraction of sp³-hybridized carbons (Fsp3) is 0.571. The second-order valence-corrected chi connectivity index (χ2v) is 5.85. The molecule has 1 N–H and O–H groups in total. The van der Waals surface area contributed by atoms with E-state index in [2.05, 4.69) is 53.3 Å². The highest BCUT2D eigenvalue weighted by Crippen LogP contribution is 2.30. The van der Waals surface area contributed by atoms with Crippen molar-refractivity contribution in [1.82, 2.24) is 0 Å². The van der Waals surface area contributed by atoms with Crippen LogP contribution in [0.4, 0.5) is 5.69 Å². The van der Waals surface area contributed by atoms with Crippen LogP contribution in [0.15, 0.2) is 22.7 Å². The molecule has 1 aliphatic carbocycles. The lowest BCUT2D eigenvalue weighted by Crippen LogP contribution is -2.30. The maximum Gasteiger partial charge on any atom is 0.0487 e. The Morgan fingerprint density at radius 1 is 1.25 bits per heavy atom. The molecule has 1 fully saturated rings. The first-order chi connectivity index (χ1) is 7.66. The highest BCUT2D eigenvalue weighted by molar-refractivity contribution is 9.10. The van der Waals surface area contributed by atoms with Crippen LogP contribution in [0.1, 0.15) is 38.2 Å². The molecule has 2 heteroatoms. The van der Waals surface area contributed by atoms with Gasteiger partial charge in [-0.05, 0) is 59.3 Å². The number of nitrogens with one attached hydrogen (secondary N) is 1. The maximum absolute atomic E-state index is 3.68. The number of halogens is 1. The van der Waals surface area contributed by atoms with Crippen molar-refractivity contribution >= 4 is 21.6 Å². The van der Waals surface area contributed by atoms with Crippen molar-refractivity contribution < 1.29 is 0 Å². The summed E-state index contributed by atoms with van der Waals surface area (Å²) in [6, 6.07) is 7.17. The van der Waals surface area contributed by atoms with E-state index >= 15 is 0 Å². The summed E-state index contributed by atoms with van der Waals surface area (Å²) in [6.07, 6.45) is 5.43. The average molecular weight is 282 g/mol. The summed E-state index contributed by atoms with van der Waals surface area (Å²) in [4.78, 5) is 0. The minimum absolute atomic E-state index is 0.646. The minimum Gasteiger partial charge on any atom is -0.381 e. The van der Waals surface area contributed by atoms with Crippen LogP contribution in [0.25, 0.3) is 0 Å². The SMILES string of the molecule is Cc1ccc(NC2CCCCC2C)c(Br)c1. The Morgan fingerprint density at radius 2 is 2.00 bits per heavy atom. The molecule has 0 spiro atoms. The van der Waals surface area contributed by atoms with Crippen molar-refractivity contribution in [2.24, 2.45) is 5.92 Å². The number of hydrogen-bond acceptors (Lipinski definition) is 1. The van der Waals surface area contributed by atoms with Gasteiger partial charge in [-0.1, -0.05) is 25.8 Å². The molecule has 2 rings (SSSR count). The molecule has 2 atom stereocenters. The number of rotatable bonds is 2. The molecule has 88 valence electrons. The fourth-order valence-electron chi connectivity index (χ4n) is 2.47. The van der Waals surface area contributed by atoms with Gasteiger partial charge in [-0.3, -0.25) is 0 Å². The standard InChI is InChI=1S/C14H20BrN/c1-10-7-8-14(12(15)9-10)16-13-6-4-3-5-11(13)2/h7-9,11,13,16H,3-6H2,1-2H3. The van der Waals surface area contributed by atoms with E-state index < -0.39 is 0 Å². The van der Waals surface area contributed by atoms with Crippen LogP contribution in [0.2, 0.25) is 0 Å². The van der Waals surface area contributed by atoms with Gasteiger partial charge in [0, 0.05) is 16.2 Å². The van der Waals surface area contributed by atoms with Gasteiger partial charge in [-0.2, -0.15) is 0 Å². The maximum atomic E-state index is 3.68. The fourth-order valence-corrected chi connectivity index (χ4v) is 3.08. The predicted molar refractivity (Wildman–Crippen MR) is 73.9 cm³/mol. The van der Waals surface area contributed by atoms with E-state index in [0.717, 1.165) is 5.92 Å². The third kappa shape index (κ3) is 2.79. The van der Waals surface area contributed by atoms with Gasteiger partial charge in [0.25, 0.3) is 0 Å². The van der Waals surface area contributed by atoms with E-state index in [9.17, 15) is 0 Å². The Hall–Kier alpha value is -0.500. The van der Waals surface area contributed by atoms with Crippen LogP contribution in [0.5, 0.6) is 0 Å². The lowest BCUT2D eigenvalue weighted by molar-refractivity contribution is 0.349. The van der Waals surface area contributed by atoms with Gasteiger partial charge in [-0.25, -0.2) is 0 Å². The molecule has 0 radical (unpaired) electrons. The Labute approximate surface area is 107 Å². The van der Waals surface area contributed by atoms with E-state index in [1.54, 1.807) is 0 Å². The molecule has 2 unspecified atom stereocenters. The normalized spacial score (nSPS) is 25.4. The molecule has 0 amide bonds. The molecule has 0 heterocycles. The van der Waals surface area contributed by atoms with Crippen LogP contribution in [-0.2, 0) is 0 Å². The quantitative estimate of drug-likeness (QED) is 0.825. The van der Waals surface area contributed by atoms with Gasteiger partial charge in [0.15, 0.2) is 0 Å². The van der Waals surface area contributed by atoms with Crippen molar-refractivity contribution in [2.45, 2.75) is 45.6 Å². The smallest absolute Gasteiger partial charge is 0.0487 e. The van der Waals surface area contributed by atoms with Gasteiger partial charge >= 0.3 is 0 Å². The molecular formula is C14H20BrN. The molecule has 0 aliphatic heterocycles. The van der Waals surface area contributed by atoms with E-state index in [1.165, 1.54) is 41.4 Å². The molecule has 1 nitrogen and oxygen atoms in total. The summed E-state index contributed by atoms with van der Waals surface area (Å²) in [6.45, 7) is 4.48. The summed E-state index contributed by atoms with van der Waals surface area (Å²) >= 11 is 3.63. The lowest BCUT2D eigenvalue weighted by Gasteiger charge is -2.30. The Bertz CT molecular complexity index is 362. The largest absolute Gasteiger partial charge is 0.381 e. The minimum atomic E-state index is 0.646. The molecule has 0 aromatic heterocycles. The Balaban J connectivity index is 2.07. The summed E-state index contributed by atoms with van der Waals surface area (Å²) in [5, 5.41) is 3.68. The monoisotopic (exact) mass is 281 g/mol. The molecular weight excluding hydrogens is 262 g/mol. The van der Waals surface area contributed by atoms with Crippen LogP contribution >= 0.6 is 15.9 Å². The van der Waals surface area contributed by atoms with Crippen molar-refractivity contribution in [3.8, 4) is 0 Å². The molecule has 1 aliphatic rings. The van der Waals surface area contributed by atoms with Crippen LogP contribution in [-0.4, -0.2) is 6.04 Å². The van der Waals surface area contributed by atoms with Crippen molar-refractivity contribution in [2.75, 3.05) is 5.32 Å². The number of aryl methyl sites for hydroxylation is 1. The second kappa shape index (κ2) is 5.22. The number of anilines is 1. The first-order valence-corrected chi connectivity index (χ1v) is 6.99. The van der Waals surface area contributed by atoms with Gasteiger partial charge in [0.1, 0.15) is 0 Å². The summed E-state index contributed by atoms with van der Waals surface area (Å²) in [5.41, 5.74) is 2.54. The Kier molecular flexibility index (Phi) is 3.91. The van der Waals surface area contributed by atoms with Gasteiger partial charge in [0.2, 0.25) is 0 Å². The van der Waals surface area contributed by atoms with Crippen LogP contribution in [0.3, 0.4) is 0 Å². The zero-order valence-electron chi connectivity index (χ0n) is 10.1. The van der Waals surface area contributed by atoms with E-state index in [1.807, 2.05) is 0 Å². The molecule has 16 heavy (non-hydrogen) atoms. The van der Waals surface area contributed by atoms with Gasteiger partial charge in [-0.15, -0.1) is 0 Å². The lowest BCUT2D eigenvalue weighted by atomic mass is 9.86. The van der Waals surface area contributed by atoms with Crippen molar-refractivity contribution in [1.29, 1.82) is 0 Å². The van der Waals surface area contributed by atoms with Gasteiger partial charge < -0.3 is 5.32 Å². The van der Waals surface area contributed by atoms with Crippen LogP contribution in [0, 0.1) is 12.8 Å². The summed E-state index contributed by atoms with van der Waals surface area (Å²) in [7, 11) is 0. The van der Waals surface area contributed by atoms with E-state index in [4.69, 9.17) is 0 Å². The van der Waals surface area contributed by atoms with Crippen molar-refractivity contribution in [3.63, 3.8) is 0 Å². The number of hydrogen-bond donors (Lipinski definition) is 1. The summed E-state index contributed by atoms with van der Waals surface area (Å²) in [5.74, 6) is 0.793. The van der Waals surface area contributed by atoms with E-state index in [0.29, 0.717) is 6.04 Å². The zero-order valence-corrected chi connectivity index (χ0v) is 11.7. The molecule has 1 aromatic rings. The Morgan fingerprint density at radius 3 is 2.69 bits per heavy atom. The zero-order chi connectivity index (χ0) is 11.5. The van der Waals surface area contributed by atoms with Crippen molar-refractivity contribution in [3.05, 3.63) is 28.2 Å². The first-order valence-electron chi connectivity index (χ1n) is 6.19. The highest BCUT2D eigenvalue weighted by atomic mass is 79.9. The molecule has 1 saturated carbocycles. The van der Waals surface area contributed by atoms with Crippen LogP contribution < -0.4 is 5.32 Å². The third-order valence-electron chi connectivity index (χ3n) is 3.58. The molecule has 1 aromatic carbocycles. The van der Waals surface area contributed by atoms with E-state index in [-0.39, 0.29) is 0 Å².